The summed E-state index contributed by atoms with van der Waals surface area (Å²) in [5.41, 5.74) is -2.35. The van der Waals surface area contributed by atoms with Crippen LogP contribution in [0.25, 0.3) is 0 Å². The SMILES string of the molecule is N#CC12C3=NC(=N)C1(C#N)C1CCCCC1(O3)OC2c1ccc(F)cc1. The van der Waals surface area contributed by atoms with Gasteiger partial charge in [-0.05, 0) is 30.5 Å². The Bertz CT molecular complexity index is 946. The van der Waals surface area contributed by atoms with E-state index in [0.717, 1.165) is 12.8 Å². The van der Waals surface area contributed by atoms with E-state index < -0.39 is 34.5 Å². The van der Waals surface area contributed by atoms with Gasteiger partial charge in [0.1, 0.15) is 17.8 Å². The lowest BCUT2D eigenvalue weighted by molar-refractivity contribution is -0.355. The van der Waals surface area contributed by atoms with Crippen LogP contribution in [0.15, 0.2) is 29.3 Å². The molecule has 1 saturated carbocycles. The van der Waals surface area contributed by atoms with E-state index in [1.807, 2.05) is 0 Å². The van der Waals surface area contributed by atoms with Crippen molar-refractivity contribution in [3.8, 4) is 12.1 Å². The van der Waals surface area contributed by atoms with E-state index in [1.165, 1.54) is 12.1 Å². The van der Waals surface area contributed by atoms with Crippen LogP contribution in [-0.2, 0) is 9.47 Å². The number of hydrogen-bond donors (Lipinski definition) is 1. The van der Waals surface area contributed by atoms with E-state index >= 15 is 0 Å². The monoisotopic (exact) mass is 350 g/mol. The molecule has 5 atom stereocenters. The molecule has 0 radical (unpaired) electrons. The molecule has 1 aromatic rings. The Morgan fingerprint density at radius 2 is 1.88 bits per heavy atom. The summed E-state index contributed by atoms with van der Waals surface area (Å²) in [4.78, 5) is 4.21. The first-order valence-corrected chi connectivity index (χ1v) is 8.67. The summed E-state index contributed by atoms with van der Waals surface area (Å²) in [6, 6.07) is 10.3. The summed E-state index contributed by atoms with van der Waals surface area (Å²) in [5, 5.41) is 28.9. The largest absolute Gasteiger partial charge is 0.447 e. The van der Waals surface area contributed by atoms with E-state index in [9.17, 15) is 14.9 Å². The molecule has 4 aliphatic heterocycles. The minimum Gasteiger partial charge on any atom is -0.447 e. The summed E-state index contributed by atoms with van der Waals surface area (Å²) in [5.74, 6) is -1.90. The Morgan fingerprint density at radius 1 is 1.15 bits per heavy atom. The Hall–Kier alpha value is -2.77. The fourth-order valence-electron chi connectivity index (χ4n) is 5.26. The van der Waals surface area contributed by atoms with Gasteiger partial charge in [0.15, 0.2) is 10.8 Å². The van der Waals surface area contributed by atoms with E-state index in [-0.39, 0.29) is 11.7 Å². The lowest BCUT2D eigenvalue weighted by atomic mass is 9.48. The molecule has 1 aromatic carbocycles. The average molecular weight is 350 g/mol. The van der Waals surface area contributed by atoms with Crippen molar-refractivity contribution >= 4 is 11.7 Å². The van der Waals surface area contributed by atoms with Crippen LogP contribution in [0.4, 0.5) is 4.39 Å². The van der Waals surface area contributed by atoms with Gasteiger partial charge in [-0.15, -0.1) is 0 Å². The minimum atomic E-state index is -1.53. The molecule has 1 aliphatic carbocycles. The molecule has 6 nitrogen and oxygen atoms in total. The van der Waals surface area contributed by atoms with Crippen molar-refractivity contribution in [1.82, 2.24) is 0 Å². The topological polar surface area (TPSA) is 102 Å². The molecule has 0 aromatic heterocycles. The second-order valence-electron chi connectivity index (χ2n) is 7.37. The van der Waals surface area contributed by atoms with Crippen molar-refractivity contribution in [2.45, 2.75) is 37.6 Å². The number of nitrogens with zero attached hydrogens (tertiary/aromatic N) is 3. The maximum Gasteiger partial charge on any atom is 0.218 e. The number of fused-ring (bicyclic) bond motifs is 1. The molecule has 4 fully saturated rings. The smallest absolute Gasteiger partial charge is 0.218 e. The van der Waals surface area contributed by atoms with Gasteiger partial charge >= 0.3 is 0 Å². The van der Waals surface area contributed by atoms with Gasteiger partial charge in [-0.2, -0.15) is 15.5 Å². The van der Waals surface area contributed by atoms with Gasteiger partial charge in [-0.1, -0.05) is 18.6 Å². The van der Waals surface area contributed by atoms with Gasteiger partial charge in [0.2, 0.25) is 11.7 Å². The van der Waals surface area contributed by atoms with Crippen molar-refractivity contribution in [3.63, 3.8) is 0 Å². The molecule has 1 spiro atoms. The number of ether oxygens (including phenoxy) is 2. The second-order valence-corrected chi connectivity index (χ2v) is 7.37. The number of halogens is 1. The van der Waals surface area contributed by atoms with Gasteiger partial charge in [0.25, 0.3) is 0 Å². The van der Waals surface area contributed by atoms with Crippen molar-refractivity contribution in [2.75, 3.05) is 0 Å². The molecule has 3 saturated heterocycles. The quantitative estimate of drug-likeness (QED) is 0.840. The molecule has 4 bridgehead atoms. The number of benzene rings is 1. The molecular weight excluding hydrogens is 335 g/mol. The van der Waals surface area contributed by atoms with Crippen molar-refractivity contribution in [1.29, 1.82) is 15.9 Å². The number of nitrogens with one attached hydrogen (secondary N) is 1. The molecule has 130 valence electrons. The molecular formula is C19H15FN4O2. The van der Waals surface area contributed by atoms with Crippen LogP contribution >= 0.6 is 0 Å². The van der Waals surface area contributed by atoms with E-state index in [4.69, 9.17) is 14.9 Å². The van der Waals surface area contributed by atoms with Gasteiger partial charge in [0, 0.05) is 6.42 Å². The maximum atomic E-state index is 13.4. The first-order valence-electron chi connectivity index (χ1n) is 8.67. The highest BCUT2D eigenvalue weighted by atomic mass is 19.1. The van der Waals surface area contributed by atoms with Gasteiger partial charge in [0.05, 0.1) is 18.1 Å². The zero-order valence-electron chi connectivity index (χ0n) is 13.8. The molecule has 6 rings (SSSR count). The molecule has 5 unspecified atom stereocenters. The fraction of sp³-hybridized carbons (Fsp3) is 0.474. The Morgan fingerprint density at radius 3 is 2.58 bits per heavy atom. The Labute approximate surface area is 149 Å². The van der Waals surface area contributed by atoms with Crippen LogP contribution < -0.4 is 0 Å². The minimum absolute atomic E-state index is 0.102. The lowest BCUT2D eigenvalue weighted by Gasteiger charge is -2.63. The lowest BCUT2D eigenvalue weighted by Crippen LogP contribution is -2.72. The first-order chi connectivity index (χ1) is 12.5. The molecule has 1 N–H and O–H groups in total. The van der Waals surface area contributed by atoms with Crippen LogP contribution in [-0.4, -0.2) is 17.5 Å². The number of aliphatic imine (C=N–C) groups is 1. The number of rotatable bonds is 1. The molecule has 26 heavy (non-hydrogen) atoms. The number of nitriles is 2. The summed E-state index contributed by atoms with van der Waals surface area (Å²) in [6.45, 7) is 0. The fourth-order valence-corrected chi connectivity index (χ4v) is 5.26. The molecule has 4 heterocycles. The summed E-state index contributed by atoms with van der Waals surface area (Å²) in [6.07, 6.45) is 2.13. The summed E-state index contributed by atoms with van der Waals surface area (Å²) in [7, 11) is 0. The number of amidine groups is 1. The highest BCUT2D eigenvalue weighted by Gasteiger charge is 2.83. The van der Waals surface area contributed by atoms with Crippen molar-refractivity contribution in [2.24, 2.45) is 21.7 Å². The number of hydrogen-bond acceptors (Lipinski definition) is 5. The Kier molecular flexibility index (Phi) is 2.79. The molecule has 0 amide bonds. The van der Waals surface area contributed by atoms with Gasteiger partial charge < -0.3 is 9.47 Å². The van der Waals surface area contributed by atoms with Gasteiger partial charge in [-0.3, -0.25) is 5.41 Å². The second kappa shape index (κ2) is 4.69. The van der Waals surface area contributed by atoms with Crippen LogP contribution in [0.1, 0.15) is 37.4 Å². The predicted octanol–water partition coefficient (Wildman–Crippen LogP) is 3.22. The zero-order chi connectivity index (χ0) is 18.2. The molecule has 7 heteroatoms. The maximum absolute atomic E-state index is 13.4. The summed E-state index contributed by atoms with van der Waals surface area (Å²) >= 11 is 0. The van der Waals surface area contributed by atoms with Crippen molar-refractivity contribution in [3.05, 3.63) is 35.6 Å². The van der Waals surface area contributed by atoms with E-state index in [1.54, 1.807) is 12.1 Å². The van der Waals surface area contributed by atoms with Crippen LogP contribution in [0.3, 0.4) is 0 Å². The highest BCUT2D eigenvalue weighted by Crippen LogP contribution is 2.72. The third-order valence-electron chi connectivity index (χ3n) is 6.37. The van der Waals surface area contributed by atoms with Crippen LogP contribution in [0.2, 0.25) is 0 Å². The van der Waals surface area contributed by atoms with Crippen LogP contribution in [0, 0.1) is 50.6 Å². The van der Waals surface area contributed by atoms with Gasteiger partial charge in [-0.25, -0.2) is 4.39 Å². The van der Waals surface area contributed by atoms with Crippen LogP contribution in [0.5, 0.6) is 0 Å². The predicted molar refractivity (Wildman–Crippen MR) is 87.3 cm³/mol. The third-order valence-corrected chi connectivity index (χ3v) is 6.37. The molecule has 5 aliphatic rings. The standard InChI is InChI=1S/C19H15FN4O2/c20-12-6-4-11(5-7-12)14-18(10-22)16-24-15(23)17(18,9-21)13-3-1-2-8-19(13,25-14)26-16/h4-7,13-14,23H,1-3,8H2. The zero-order valence-corrected chi connectivity index (χ0v) is 13.8. The first kappa shape index (κ1) is 15.5. The Balaban J connectivity index is 1.80. The summed E-state index contributed by atoms with van der Waals surface area (Å²) < 4.78 is 25.8. The van der Waals surface area contributed by atoms with E-state index in [0.29, 0.717) is 18.4 Å². The van der Waals surface area contributed by atoms with E-state index in [2.05, 4.69) is 17.1 Å². The highest BCUT2D eigenvalue weighted by molar-refractivity contribution is 6.12. The van der Waals surface area contributed by atoms with Crippen molar-refractivity contribution < 1.29 is 13.9 Å². The third kappa shape index (κ3) is 1.42. The average Bonchev–Trinajstić information content (AvgIpc) is 2.85. The normalized spacial score (nSPS) is 42.3.